The summed E-state index contributed by atoms with van der Waals surface area (Å²) < 4.78 is 2.17. The number of aryl methyl sites for hydroxylation is 2. The Kier molecular flexibility index (Phi) is 3.88. The fourth-order valence-corrected chi connectivity index (χ4v) is 6.38. The number of aromatic nitrogens is 2. The van der Waals surface area contributed by atoms with Crippen LogP contribution < -0.4 is 0 Å². The first-order chi connectivity index (χ1) is 15.2. The molecule has 0 saturated carbocycles. The highest BCUT2D eigenvalue weighted by Crippen LogP contribution is 2.56. The van der Waals surface area contributed by atoms with Crippen molar-refractivity contribution in [1.29, 1.82) is 0 Å². The molecule has 1 fully saturated rings. The monoisotopic (exact) mass is 426 g/mol. The Hall–Kier alpha value is -2.95. The topological polar surface area (TPSA) is 50.5 Å². The van der Waals surface area contributed by atoms with E-state index in [1.54, 1.807) is 0 Å². The second kappa shape index (κ2) is 6.31. The lowest BCUT2D eigenvalue weighted by molar-refractivity contribution is -0.0261. The minimum atomic E-state index is -0.0365. The first-order valence-corrected chi connectivity index (χ1v) is 11.6. The SMILES string of the molecule is Cc1nc2cc3c(cc2n1C)C[C@H]1N(C(=O)c2ccc4c(c2)CC=N4)CC[C@]3(C)C1(C)C. The predicted octanol–water partition coefficient (Wildman–Crippen LogP) is 4.89. The number of imidazole rings is 1. The highest BCUT2D eigenvalue weighted by molar-refractivity contribution is 5.96. The smallest absolute Gasteiger partial charge is 0.254 e. The van der Waals surface area contributed by atoms with E-state index in [-0.39, 0.29) is 22.8 Å². The van der Waals surface area contributed by atoms with E-state index in [1.165, 1.54) is 16.6 Å². The fraction of sp³-hybridized carbons (Fsp3) is 0.444. The normalized spacial score (nSPS) is 25.2. The molecule has 5 nitrogen and oxygen atoms in total. The van der Waals surface area contributed by atoms with E-state index in [0.717, 1.165) is 54.0 Å². The maximum Gasteiger partial charge on any atom is 0.254 e. The standard InChI is InChI=1S/C27H30N4O/c1-16-29-22-15-20-19(13-23(22)30(16)5)14-24-26(2,3)27(20,4)9-11-31(24)25(32)18-6-7-21-17(12-18)8-10-28-21/h6-7,10,12-13,15,24H,8-9,11,14H2,1-5H3/t24-,27+/m1/s1. The number of amides is 1. The number of piperidine rings is 1. The summed E-state index contributed by atoms with van der Waals surface area (Å²) in [5.74, 6) is 1.19. The van der Waals surface area contributed by atoms with E-state index >= 15 is 0 Å². The Morgan fingerprint density at radius 3 is 2.75 bits per heavy atom. The van der Waals surface area contributed by atoms with Gasteiger partial charge in [0.15, 0.2) is 0 Å². The fourth-order valence-electron chi connectivity index (χ4n) is 6.38. The molecule has 3 aromatic rings. The zero-order chi connectivity index (χ0) is 22.4. The molecule has 1 aromatic heterocycles. The Labute approximate surface area is 189 Å². The van der Waals surface area contributed by atoms with Gasteiger partial charge in [-0.2, -0.15) is 0 Å². The van der Waals surface area contributed by atoms with Crippen molar-refractivity contribution in [3.63, 3.8) is 0 Å². The summed E-state index contributed by atoms with van der Waals surface area (Å²) in [5, 5.41) is 0. The van der Waals surface area contributed by atoms with Crippen LogP contribution in [0, 0.1) is 12.3 Å². The molecule has 0 N–H and O–H groups in total. The molecule has 1 amide bonds. The highest BCUT2D eigenvalue weighted by atomic mass is 16.2. The van der Waals surface area contributed by atoms with Gasteiger partial charge >= 0.3 is 0 Å². The molecule has 32 heavy (non-hydrogen) atoms. The molecule has 1 aliphatic carbocycles. The second-order valence-corrected chi connectivity index (χ2v) is 10.6. The molecular weight excluding hydrogens is 396 g/mol. The van der Waals surface area contributed by atoms with E-state index in [9.17, 15) is 4.79 Å². The summed E-state index contributed by atoms with van der Waals surface area (Å²) in [5.41, 5.74) is 7.96. The summed E-state index contributed by atoms with van der Waals surface area (Å²) in [6.45, 7) is 9.95. The molecule has 5 heteroatoms. The first-order valence-electron chi connectivity index (χ1n) is 11.6. The lowest BCUT2D eigenvalue weighted by atomic mass is 9.51. The van der Waals surface area contributed by atoms with E-state index in [2.05, 4.69) is 61.3 Å². The van der Waals surface area contributed by atoms with Gasteiger partial charge < -0.3 is 9.47 Å². The van der Waals surface area contributed by atoms with Crippen LogP contribution in [0.25, 0.3) is 11.0 Å². The van der Waals surface area contributed by atoms with Gasteiger partial charge in [0.05, 0.1) is 16.7 Å². The third kappa shape index (κ3) is 2.42. The van der Waals surface area contributed by atoms with Crippen LogP contribution in [0.4, 0.5) is 5.69 Å². The van der Waals surface area contributed by atoms with Gasteiger partial charge in [0.2, 0.25) is 0 Å². The van der Waals surface area contributed by atoms with Gasteiger partial charge in [-0.1, -0.05) is 20.8 Å². The van der Waals surface area contributed by atoms with Crippen molar-refractivity contribution in [2.24, 2.45) is 17.5 Å². The molecule has 1 saturated heterocycles. The average Bonchev–Trinajstić information content (AvgIpc) is 3.33. The average molecular weight is 427 g/mol. The van der Waals surface area contributed by atoms with Crippen molar-refractivity contribution in [2.75, 3.05) is 6.54 Å². The van der Waals surface area contributed by atoms with Crippen LogP contribution >= 0.6 is 0 Å². The molecule has 2 aliphatic heterocycles. The number of rotatable bonds is 1. The number of benzene rings is 2. The van der Waals surface area contributed by atoms with Crippen molar-refractivity contribution in [1.82, 2.24) is 14.5 Å². The number of hydrogen-bond acceptors (Lipinski definition) is 3. The molecule has 164 valence electrons. The molecule has 3 heterocycles. The van der Waals surface area contributed by atoms with Crippen LogP contribution in [-0.4, -0.2) is 39.2 Å². The largest absolute Gasteiger partial charge is 0.335 e. The number of hydrogen-bond donors (Lipinski definition) is 0. The lowest BCUT2D eigenvalue weighted by Crippen LogP contribution is -2.64. The molecule has 0 radical (unpaired) electrons. The predicted molar refractivity (Wildman–Crippen MR) is 128 cm³/mol. The van der Waals surface area contributed by atoms with Crippen LogP contribution in [0.1, 0.15) is 60.1 Å². The molecule has 2 bridgehead atoms. The van der Waals surface area contributed by atoms with Crippen LogP contribution in [0.2, 0.25) is 0 Å². The minimum Gasteiger partial charge on any atom is -0.335 e. The Bertz CT molecular complexity index is 1330. The second-order valence-electron chi connectivity index (χ2n) is 10.6. The molecular formula is C27H30N4O. The third-order valence-corrected chi connectivity index (χ3v) is 8.95. The van der Waals surface area contributed by atoms with E-state index < -0.39 is 0 Å². The van der Waals surface area contributed by atoms with Crippen molar-refractivity contribution in [3.05, 3.63) is 58.4 Å². The maximum atomic E-state index is 13.7. The van der Waals surface area contributed by atoms with Gasteiger partial charge in [-0.25, -0.2) is 4.98 Å². The third-order valence-electron chi connectivity index (χ3n) is 8.95. The van der Waals surface area contributed by atoms with E-state index in [0.29, 0.717) is 0 Å². The van der Waals surface area contributed by atoms with Gasteiger partial charge in [-0.05, 0) is 72.2 Å². The van der Waals surface area contributed by atoms with Gasteiger partial charge in [0.25, 0.3) is 5.91 Å². The van der Waals surface area contributed by atoms with Gasteiger partial charge in [-0.15, -0.1) is 0 Å². The molecule has 2 aromatic carbocycles. The zero-order valence-electron chi connectivity index (χ0n) is 19.6. The number of carbonyl (C=O) groups is 1. The molecule has 0 unspecified atom stereocenters. The first kappa shape index (κ1) is 19.7. The van der Waals surface area contributed by atoms with Crippen molar-refractivity contribution >= 4 is 28.8 Å². The van der Waals surface area contributed by atoms with Crippen molar-refractivity contribution < 1.29 is 4.79 Å². The van der Waals surface area contributed by atoms with E-state index in [1.807, 2.05) is 24.4 Å². The summed E-state index contributed by atoms with van der Waals surface area (Å²) in [6.07, 6.45) is 4.59. The molecule has 3 aliphatic rings. The van der Waals surface area contributed by atoms with Gasteiger partial charge in [-0.3, -0.25) is 9.79 Å². The Morgan fingerprint density at radius 2 is 1.94 bits per heavy atom. The van der Waals surface area contributed by atoms with Gasteiger partial charge in [0, 0.05) is 43.2 Å². The van der Waals surface area contributed by atoms with E-state index in [4.69, 9.17) is 4.98 Å². The minimum absolute atomic E-state index is 0.00736. The number of likely N-dealkylation sites (tertiary alicyclic amines) is 1. The Morgan fingerprint density at radius 1 is 1.12 bits per heavy atom. The summed E-state index contributed by atoms with van der Waals surface area (Å²) in [4.78, 5) is 25.1. The number of nitrogens with zero attached hydrogens (tertiary/aromatic N) is 4. The van der Waals surface area contributed by atoms with Crippen LogP contribution in [-0.2, 0) is 25.3 Å². The van der Waals surface area contributed by atoms with Crippen LogP contribution in [0.5, 0.6) is 0 Å². The van der Waals surface area contributed by atoms with Gasteiger partial charge in [0.1, 0.15) is 5.82 Å². The van der Waals surface area contributed by atoms with Crippen molar-refractivity contribution in [3.8, 4) is 0 Å². The highest BCUT2D eigenvalue weighted by Gasteiger charge is 2.57. The molecule has 0 spiro atoms. The lowest BCUT2D eigenvalue weighted by Gasteiger charge is -2.60. The molecule has 2 atom stereocenters. The number of fused-ring (bicyclic) bond motifs is 6. The number of carbonyl (C=O) groups excluding carboxylic acids is 1. The maximum absolute atomic E-state index is 13.7. The summed E-state index contributed by atoms with van der Waals surface area (Å²) in [6, 6.07) is 10.8. The van der Waals surface area contributed by atoms with Crippen molar-refractivity contribution in [2.45, 2.75) is 58.4 Å². The molecule has 6 rings (SSSR count). The quantitative estimate of drug-likeness (QED) is 0.556. The van der Waals surface area contributed by atoms with Crippen LogP contribution in [0.15, 0.2) is 35.3 Å². The summed E-state index contributed by atoms with van der Waals surface area (Å²) in [7, 11) is 2.08. The Balaban J connectivity index is 1.44. The number of aliphatic imine (C=N–C) groups is 1. The summed E-state index contributed by atoms with van der Waals surface area (Å²) >= 11 is 0. The zero-order valence-corrected chi connectivity index (χ0v) is 19.6. The van der Waals surface area contributed by atoms with Crippen LogP contribution in [0.3, 0.4) is 0 Å².